The number of anilines is 1. The van der Waals surface area contributed by atoms with E-state index in [0.29, 0.717) is 34.5 Å². The van der Waals surface area contributed by atoms with Crippen molar-refractivity contribution in [2.75, 3.05) is 25.7 Å². The predicted octanol–water partition coefficient (Wildman–Crippen LogP) is 3.60. The van der Waals surface area contributed by atoms with Crippen LogP contribution in [0, 0.1) is 5.41 Å². The van der Waals surface area contributed by atoms with Crippen molar-refractivity contribution in [3.63, 3.8) is 0 Å². The maximum Gasteiger partial charge on any atom is 0.256 e. The number of para-hydroxylation sites is 1. The van der Waals surface area contributed by atoms with Gasteiger partial charge in [0.2, 0.25) is 0 Å². The summed E-state index contributed by atoms with van der Waals surface area (Å²) in [6, 6.07) is 11.0. The molecule has 181 valence electrons. The Morgan fingerprint density at radius 3 is 2.54 bits per heavy atom. The van der Waals surface area contributed by atoms with Gasteiger partial charge >= 0.3 is 0 Å². The number of hydrogen-bond acceptors (Lipinski definition) is 7. The van der Waals surface area contributed by atoms with Crippen LogP contribution in [0.5, 0.6) is 11.5 Å². The summed E-state index contributed by atoms with van der Waals surface area (Å²) in [7, 11) is 3.15. The van der Waals surface area contributed by atoms with E-state index < -0.39 is 12.2 Å². The van der Waals surface area contributed by atoms with Gasteiger partial charge in [-0.2, -0.15) is 5.21 Å². The molecule has 35 heavy (non-hydrogen) atoms. The SMILES string of the molecule is COc1cccc([C@H]2O[C@H](Cc3nn[nH]n3)C(=O)N(CC(C)(C)C)c3ccc(Cl)cc32)c1OC.[Na]. The number of hydrogen-bond donors (Lipinski definition) is 1. The van der Waals surface area contributed by atoms with Crippen molar-refractivity contribution in [2.24, 2.45) is 5.41 Å². The van der Waals surface area contributed by atoms with Crippen LogP contribution in [0.1, 0.15) is 43.8 Å². The monoisotopic (exact) mass is 508 g/mol. The summed E-state index contributed by atoms with van der Waals surface area (Å²) in [6.45, 7) is 6.73. The molecule has 1 aromatic heterocycles. The molecule has 0 unspecified atom stereocenters. The largest absolute Gasteiger partial charge is 0.493 e. The average Bonchev–Trinajstić information content (AvgIpc) is 3.28. The Balaban J connectivity index is 0.00000342. The van der Waals surface area contributed by atoms with Crippen LogP contribution in [-0.2, 0) is 16.0 Å². The second-order valence-electron chi connectivity index (χ2n) is 9.31. The van der Waals surface area contributed by atoms with Crippen molar-refractivity contribution in [3.05, 3.63) is 58.4 Å². The summed E-state index contributed by atoms with van der Waals surface area (Å²) in [4.78, 5) is 15.6. The number of fused-ring (bicyclic) bond motifs is 1. The van der Waals surface area contributed by atoms with Gasteiger partial charge < -0.3 is 19.1 Å². The van der Waals surface area contributed by atoms with Crippen LogP contribution in [0.15, 0.2) is 36.4 Å². The second-order valence-corrected chi connectivity index (χ2v) is 9.74. The number of halogens is 1. The molecule has 4 rings (SSSR count). The van der Waals surface area contributed by atoms with Crippen molar-refractivity contribution >= 4 is 52.8 Å². The molecule has 9 nitrogen and oxygen atoms in total. The molecule has 1 aliphatic heterocycles. The van der Waals surface area contributed by atoms with E-state index in [1.807, 2.05) is 30.3 Å². The number of nitrogens with one attached hydrogen (secondary N) is 1. The molecule has 11 heteroatoms. The molecule has 0 saturated carbocycles. The van der Waals surface area contributed by atoms with Crippen LogP contribution in [0.3, 0.4) is 0 Å². The van der Waals surface area contributed by atoms with Gasteiger partial charge in [0, 0.05) is 64.4 Å². The third-order valence-corrected chi connectivity index (χ3v) is 5.75. The molecule has 1 radical (unpaired) electrons. The number of nitrogens with zero attached hydrogens (tertiary/aromatic N) is 4. The molecule has 2 atom stereocenters. The smallest absolute Gasteiger partial charge is 0.256 e. The van der Waals surface area contributed by atoms with E-state index in [2.05, 4.69) is 41.4 Å². The van der Waals surface area contributed by atoms with Gasteiger partial charge in [-0.1, -0.05) is 49.7 Å². The summed E-state index contributed by atoms with van der Waals surface area (Å²) >= 11 is 6.44. The van der Waals surface area contributed by atoms with E-state index in [4.69, 9.17) is 25.8 Å². The van der Waals surface area contributed by atoms with E-state index >= 15 is 0 Å². The number of carbonyl (C=O) groups is 1. The quantitative estimate of drug-likeness (QED) is 0.507. The summed E-state index contributed by atoms with van der Waals surface area (Å²) in [5.74, 6) is 1.28. The molecule has 1 N–H and O–H groups in total. The molecular formula is C24H28ClN5NaO4. The van der Waals surface area contributed by atoms with Gasteiger partial charge in [-0.3, -0.25) is 4.79 Å². The van der Waals surface area contributed by atoms with E-state index in [9.17, 15) is 4.79 Å². The number of carbonyl (C=O) groups excluding carboxylic acids is 1. The molecule has 0 aliphatic carbocycles. The number of benzene rings is 2. The molecule has 2 heterocycles. The third kappa shape index (κ3) is 5.98. The first-order valence-corrected chi connectivity index (χ1v) is 11.3. The van der Waals surface area contributed by atoms with Crippen molar-refractivity contribution in [3.8, 4) is 11.5 Å². The second kappa shape index (κ2) is 11.3. The molecule has 0 spiro atoms. The maximum absolute atomic E-state index is 13.9. The number of amides is 1. The Morgan fingerprint density at radius 2 is 1.91 bits per heavy atom. The molecule has 1 aliphatic rings. The van der Waals surface area contributed by atoms with Crippen LogP contribution in [0.2, 0.25) is 5.02 Å². The zero-order chi connectivity index (χ0) is 24.5. The van der Waals surface area contributed by atoms with Crippen LogP contribution in [-0.4, -0.2) is 83.0 Å². The fourth-order valence-corrected chi connectivity index (χ4v) is 4.32. The number of H-pyrrole nitrogens is 1. The normalized spacial score (nSPS) is 17.9. The van der Waals surface area contributed by atoms with Crippen molar-refractivity contribution in [2.45, 2.75) is 39.4 Å². The van der Waals surface area contributed by atoms with Gasteiger partial charge in [0.25, 0.3) is 5.91 Å². The topological polar surface area (TPSA) is 102 Å². The molecule has 0 saturated heterocycles. The Morgan fingerprint density at radius 1 is 1.14 bits per heavy atom. The fourth-order valence-electron chi connectivity index (χ4n) is 4.14. The van der Waals surface area contributed by atoms with Gasteiger partial charge in [-0.25, -0.2) is 0 Å². The number of aromatic amines is 1. The summed E-state index contributed by atoms with van der Waals surface area (Å²) in [5, 5.41) is 14.7. The van der Waals surface area contributed by atoms with Gasteiger partial charge in [0.05, 0.1) is 14.2 Å². The molecule has 0 fully saturated rings. The number of ether oxygens (including phenoxy) is 3. The minimum Gasteiger partial charge on any atom is -0.493 e. The first-order chi connectivity index (χ1) is 16.2. The summed E-state index contributed by atoms with van der Waals surface area (Å²) in [6.07, 6.45) is -1.38. The predicted molar refractivity (Wildman–Crippen MR) is 133 cm³/mol. The molecule has 2 aromatic carbocycles. The molecular weight excluding hydrogens is 481 g/mol. The number of tetrazole rings is 1. The van der Waals surface area contributed by atoms with Crippen molar-refractivity contribution in [1.29, 1.82) is 0 Å². The van der Waals surface area contributed by atoms with Gasteiger partial charge in [0.1, 0.15) is 12.2 Å². The van der Waals surface area contributed by atoms with Gasteiger partial charge in [-0.05, 0) is 29.7 Å². The summed E-state index contributed by atoms with van der Waals surface area (Å²) < 4.78 is 17.8. The van der Waals surface area contributed by atoms with Crippen LogP contribution < -0.4 is 14.4 Å². The minimum absolute atomic E-state index is 0. The van der Waals surface area contributed by atoms with Crippen LogP contribution in [0.4, 0.5) is 5.69 Å². The van der Waals surface area contributed by atoms with E-state index in [1.165, 1.54) is 0 Å². The summed E-state index contributed by atoms with van der Waals surface area (Å²) in [5.41, 5.74) is 2.03. The van der Waals surface area contributed by atoms with Crippen molar-refractivity contribution < 1.29 is 19.0 Å². The Hall–Kier alpha value is -2.17. The van der Waals surface area contributed by atoms with Gasteiger partial charge in [-0.15, -0.1) is 10.2 Å². The standard InChI is InChI=1S/C24H28ClN5O4.Na/c1-24(2,3)13-30-17-10-9-14(25)11-16(17)21(15-7-6-8-18(32-4)22(15)33-5)34-19(23(30)31)12-20-26-28-29-27-20;/h6-11,19,21H,12-13H2,1-5H3,(H,26,27,28,29);/t19-,21-;/m1./s1. The van der Waals surface area contributed by atoms with Crippen LogP contribution in [0.25, 0.3) is 0 Å². The maximum atomic E-state index is 13.9. The van der Waals surface area contributed by atoms with Crippen LogP contribution >= 0.6 is 11.6 Å². The Kier molecular flexibility index (Phi) is 8.82. The number of methoxy groups -OCH3 is 2. The van der Waals surface area contributed by atoms with Gasteiger partial charge in [0.15, 0.2) is 17.3 Å². The van der Waals surface area contributed by atoms with Crippen molar-refractivity contribution in [1.82, 2.24) is 20.6 Å². The molecule has 0 bridgehead atoms. The Labute approximate surface area is 231 Å². The average molecular weight is 509 g/mol. The first-order valence-electron chi connectivity index (χ1n) is 10.9. The number of aromatic nitrogens is 4. The number of rotatable bonds is 6. The van der Waals surface area contributed by atoms with E-state index in [0.717, 1.165) is 11.3 Å². The van der Waals surface area contributed by atoms with E-state index in [-0.39, 0.29) is 47.3 Å². The van der Waals surface area contributed by atoms with E-state index in [1.54, 1.807) is 25.2 Å². The third-order valence-electron chi connectivity index (χ3n) is 5.51. The first kappa shape index (κ1) is 27.4. The molecule has 1 amide bonds. The Bertz CT molecular complexity index is 1170. The molecule has 3 aromatic rings. The zero-order valence-corrected chi connectivity index (χ0v) is 23.6. The zero-order valence-electron chi connectivity index (χ0n) is 20.8. The minimum atomic E-state index is -0.868. The fraction of sp³-hybridized carbons (Fsp3) is 0.417.